The van der Waals surface area contributed by atoms with Crippen LogP contribution in [0.4, 0.5) is 26.3 Å². The lowest BCUT2D eigenvalue weighted by Crippen LogP contribution is -2.58. The van der Waals surface area contributed by atoms with Crippen molar-refractivity contribution in [3.05, 3.63) is 12.7 Å². The van der Waals surface area contributed by atoms with E-state index in [0.29, 0.717) is 32.5 Å². The highest BCUT2D eigenvalue weighted by Gasteiger charge is 2.71. The fraction of sp³-hybridized carbons (Fsp3) is 0.850. The van der Waals surface area contributed by atoms with Crippen LogP contribution < -0.4 is 0 Å². The van der Waals surface area contributed by atoms with Crippen molar-refractivity contribution in [1.29, 1.82) is 0 Å². The minimum Gasteiger partial charge on any atom is -0.462 e. The lowest BCUT2D eigenvalue weighted by Gasteiger charge is -2.37. The predicted octanol–water partition coefficient (Wildman–Crippen LogP) is 5.01. The first-order valence-electron chi connectivity index (χ1n) is 9.93. The standard InChI is InChI=1S/C18H24F6O4.C2H6S/c1-2-15(25)28-5-3-4-27-10-14-8-11-6-12(14)7-13(11)9-16(26,17(19,20)21)18(22,23)24;1-3-2/h2,11-14,26H,1,3-10H2;1-2H3. The molecule has 1 N–H and O–H groups in total. The second-order valence-electron chi connectivity index (χ2n) is 8.02. The zero-order valence-corrected chi connectivity index (χ0v) is 18.4. The van der Waals surface area contributed by atoms with Crippen LogP contribution in [-0.4, -0.2) is 61.4 Å². The first-order chi connectivity index (χ1) is 14.3. The molecule has 0 spiro atoms. The van der Waals surface area contributed by atoms with E-state index >= 15 is 0 Å². The Kier molecular flexibility index (Phi) is 10.7. The van der Waals surface area contributed by atoms with E-state index in [1.165, 1.54) is 0 Å². The molecule has 0 aromatic carbocycles. The summed E-state index contributed by atoms with van der Waals surface area (Å²) in [4.78, 5) is 10.9. The average Bonchev–Trinajstić information content (AvgIpc) is 3.23. The molecule has 0 aromatic heterocycles. The number of aliphatic hydroxyl groups is 1. The number of alkyl halides is 6. The van der Waals surface area contributed by atoms with Gasteiger partial charge in [-0.2, -0.15) is 38.1 Å². The first kappa shape index (κ1) is 28.1. The molecule has 2 rings (SSSR count). The van der Waals surface area contributed by atoms with Crippen LogP contribution in [0.15, 0.2) is 12.7 Å². The molecule has 2 aliphatic rings. The molecule has 0 aliphatic heterocycles. The highest BCUT2D eigenvalue weighted by molar-refractivity contribution is 7.97. The topological polar surface area (TPSA) is 55.8 Å². The van der Waals surface area contributed by atoms with Crippen molar-refractivity contribution in [2.75, 3.05) is 32.3 Å². The number of carbonyl (C=O) groups excluding carboxylic acids is 1. The molecule has 0 saturated heterocycles. The third kappa shape index (κ3) is 7.56. The zero-order chi connectivity index (χ0) is 23.9. The number of carbonyl (C=O) groups is 1. The monoisotopic (exact) mass is 480 g/mol. The van der Waals surface area contributed by atoms with Gasteiger partial charge in [0.05, 0.1) is 6.61 Å². The molecule has 182 valence electrons. The van der Waals surface area contributed by atoms with E-state index in [2.05, 4.69) is 6.58 Å². The van der Waals surface area contributed by atoms with Gasteiger partial charge in [-0.3, -0.25) is 0 Å². The average molecular weight is 481 g/mol. The van der Waals surface area contributed by atoms with Crippen LogP contribution in [0.25, 0.3) is 0 Å². The normalized spacial score (nSPS) is 25.7. The molecule has 4 unspecified atom stereocenters. The zero-order valence-electron chi connectivity index (χ0n) is 17.6. The Morgan fingerprint density at radius 2 is 1.55 bits per heavy atom. The fourth-order valence-electron chi connectivity index (χ4n) is 4.37. The van der Waals surface area contributed by atoms with Gasteiger partial charge in [-0.25, -0.2) is 4.79 Å². The first-order valence-corrected chi connectivity index (χ1v) is 11.6. The number of thioether (sulfide) groups is 1. The number of halogens is 6. The molecule has 2 saturated carbocycles. The summed E-state index contributed by atoms with van der Waals surface area (Å²) in [6.07, 6.45) is -5.98. The van der Waals surface area contributed by atoms with Gasteiger partial charge in [0.15, 0.2) is 0 Å². The number of rotatable bonds is 9. The molecule has 31 heavy (non-hydrogen) atoms. The van der Waals surface area contributed by atoms with Crippen LogP contribution in [0.3, 0.4) is 0 Å². The van der Waals surface area contributed by atoms with Crippen molar-refractivity contribution >= 4 is 17.7 Å². The van der Waals surface area contributed by atoms with Crippen molar-refractivity contribution in [2.24, 2.45) is 23.7 Å². The van der Waals surface area contributed by atoms with Gasteiger partial charge in [0, 0.05) is 25.7 Å². The van der Waals surface area contributed by atoms with E-state index in [-0.39, 0.29) is 30.8 Å². The molecule has 0 aromatic rings. The van der Waals surface area contributed by atoms with Crippen molar-refractivity contribution in [3.8, 4) is 0 Å². The van der Waals surface area contributed by atoms with Gasteiger partial charge in [-0.15, -0.1) is 0 Å². The van der Waals surface area contributed by atoms with Crippen LogP contribution in [-0.2, 0) is 14.3 Å². The molecule has 4 nitrogen and oxygen atoms in total. The Bertz CT molecular complexity index is 567. The third-order valence-electron chi connectivity index (χ3n) is 5.82. The van der Waals surface area contributed by atoms with Gasteiger partial charge in [0.25, 0.3) is 5.60 Å². The van der Waals surface area contributed by atoms with E-state index in [1.54, 1.807) is 11.8 Å². The summed E-state index contributed by atoms with van der Waals surface area (Å²) < 4.78 is 87.6. The lowest BCUT2D eigenvalue weighted by atomic mass is 9.76. The molecule has 2 bridgehead atoms. The van der Waals surface area contributed by atoms with Crippen LogP contribution in [0.2, 0.25) is 0 Å². The number of fused-ring (bicyclic) bond motifs is 2. The minimum absolute atomic E-state index is 0.000638. The van der Waals surface area contributed by atoms with Crippen LogP contribution >= 0.6 is 11.8 Å². The molecule has 2 aliphatic carbocycles. The van der Waals surface area contributed by atoms with Crippen LogP contribution in [0.5, 0.6) is 0 Å². The molecule has 0 radical (unpaired) electrons. The maximum absolute atomic E-state index is 12.9. The van der Waals surface area contributed by atoms with Gasteiger partial charge in [0.2, 0.25) is 0 Å². The van der Waals surface area contributed by atoms with Gasteiger partial charge in [0.1, 0.15) is 0 Å². The summed E-state index contributed by atoms with van der Waals surface area (Å²) in [6.45, 7) is 4.14. The SMILES string of the molecule is C=CC(=O)OCCCOCC1CC2CC1CC2CC(O)(C(F)(F)F)C(F)(F)F.CSC. The molecule has 2 fully saturated rings. The van der Waals surface area contributed by atoms with E-state index in [0.717, 1.165) is 6.08 Å². The van der Waals surface area contributed by atoms with Crippen molar-refractivity contribution in [1.82, 2.24) is 0 Å². The summed E-state index contributed by atoms with van der Waals surface area (Å²) in [6, 6.07) is 0. The molecule has 0 amide bonds. The van der Waals surface area contributed by atoms with E-state index in [1.807, 2.05) is 12.5 Å². The minimum atomic E-state index is -5.76. The number of hydrogen-bond acceptors (Lipinski definition) is 5. The number of hydrogen-bond donors (Lipinski definition) is 1. The van der Waals surface area contributed by atoms with E-state index in [4.69, 9.17) is 9.47 Å². The Morgan fingerprint density at radius 3 is 2.00 bits per heavy atom. The third-order valence-corrected chi connectivity index (χ3v) is 5.82. The van der Waals surface area contributed by atoms with E-state index in [9.17, 15) is 36.2 Å². The quantitative estimate of drug-likeness (QED) is 0.218. The second kappa shape index (κ2) is 11.8. The lowest BCUT2D eigenvalue weighted by molar-refractivity contribution is -0.373. The van der Waals surface area contributed by atoms with Crippen LogP contribution in [0, 0.1) is 23.7 Å². The predicted molar refractivity (Wildman–Crippen MR) is 106 cm³/mol. The smallest absolute Gasteiger partial charge is 0.426 e. The summed E-state index contributed by atoms with van der Waals surface area (Å²) in [5, 5.41) is 9.40. The maximum Gasteiger partial charge on any atom is 0.426 e. The van der Waals surface area contributed by atoms with Gasteiger partial charge >= 0.3 is 18.3 Å². The summed E-state index contributed by atoms with van der Waals surface area (Å²) in [5.74, 6) is -1.53. The Labute approximate surface area is 182 Å². The van der Waals surface area contributed by atoms with Crippen LogP contribution in [0.1, 0.15) is 32.1 Å². The van der Waals surface area contributed by atoms with Crippen molar-refractivity contribution in [3.63, 3.8) is 0 Å². The molecular weight excluding hydrogens is 450 g/mol. The van der Waals surface area contributed by atoms with Gasteiger partial charge in [-0.05, 0) is 61.9 Å². The summed E-state index contributed by atoms with van der Waals surface area (Å²) >= 11 is 1.75. The second-order valence-corrected chi connectivity index (χ2v) is 8.83. The molecule has 4 atom stereocenters. The largest absolute Gasteiger partial charge is 0.462 e. The Morgan fingerprint density at radius 1 is 1.03 bits per heavy atom. The van der Waals surface area contributed by atoms with Gasteiger partial charge < -0.3 is 14.6 Å². The number of ether oxygens (including phenoxy) is 2. The molecular formula is C20H30F6O4S. The van der Waals surface area contributed by atoms with E-state index < -0.39 is 36.3 Å². The molecule has 0 heterocycles. The van der Waals surface area contributed by atoms with Crippen molar-refractivity contribution < 1.29 is 45.7 Å². The summed E-state index contributed by atoms with van der Waals surface area (Å²) in [5.41, 5.74) is -4.66. The van der Waals surface area contributed by atoms with Gasteiger partial charge in [-0.1, -0.05) is 6.58 Å². The van der Waals surface area contributed by atoms with Crippen molar-refractivity contribution in [2.45, 2.75) is 50.1 Å². The Balaban J connectivity index is 0.00000151. The number of esters is 1. The molecule has 11 heteroatoms. The highest BCUT2D eigenvalue weighted by atomic mass is 32.2. The summed E-state index contributed by atoms with van der Waals surface area (Å²) in [7, 11) is 0. The fourth-order valence-corrected chi connectivity index (χ4v) is 4.37. The highest BCUT2D eigenvalue weighted by Crippen LogP contribution is 2.57. The maximum atomic E-state index is 12.9. The Hall–Kier alpha value is -0.940.